The van der Waals surface area contributed by atoms with Crippen molar-refractivity contribution in [3.63, 3.8) is 0 Å². The number of rotatable bonds is 0. The molecule has 3 heteroatoms. The second-order valence-electron chi connectivity index (χ2n) is 9.45. The molecule has 0 bridgehead atoms. The van der Waals surface area contributed by atoms with Crippen LogP contribution in [0.15, 0.2) is 0 Å². The molecule has 4 saturated carbocycles. The van der Waals surface area contributed by atoms with Crippen molar-refractivity contribution in [2.45, 2.75) is 89.4 Å². The van der Waals surface area contributed by atoms with E-state index < -0.39 is 17.8 Å². The van der Waals surface area contributed by atoms with E-state index in [9.17, 15) is 15.3 Å². The molecule has 0 spiro atoms. The SMILES string of the molecule is C[C@]12CCC[C@@H]1[C@@H]1C[C@H](O)[C@@]3(O)C[C@H](O)CC[C@]3(C)[C@@H]1CC2. The number of aliphatic hydroxyl groups excluding tert-OH is 2. The smallest absolute Gasteiger partial charge is 0.0985 e. The van der Waals surface area contributed by atoms with E-state index in [1.54, 1.807) is 0 Å². The van der Waals surface area contributed by atoms with Crippen LogP contribution in [0.4, 0.5) is 0 Å². The fourth-order valence-corrected chi connectivity index (χ4v) is 7.25. The van der Waals surface area contributed by atoms with Gasteiger partial charge in [-0.2, -0.15) is 0 Å². The zero-order valence-electron chi connectivity index (χ0n) is 14.1. The second kappa shape index (κ2) is 4.70. The molecular formula is C19H32O3. The van der Waals surface area contributed by atoms with Crippen LogP contribution in [0.5, 0.6) is 0 Å². The monoisotopic (exact) mass is 308 g/mol. The molecule has 0 aromatic carbocycles. The van der Waals surface area contributed by atoms with Crippen molar-refractivity contribution in [3.05, 3.63) is 0 Å². The van der Waals surface area contributed by atoms with E-state index in [4.69, 9.17) is 0 Å². The average molecular weight is 308 g/mol. The zero-order valence-corrected chi connectivity index (χ0v) is 14.1. The Bertz CT molecular complexity index is 466. The van der Waals surface area contributed by atoms with E-state index in [0.29, 0.717) is 23.7 Å². The summed E-state index contributed by atoms with van der Waals surface area (Å²) in [6, 6.07) is 0. The van der Waals surface area contributed by atoms with Gasteiger partial charge >= 0.3 is 0 Å². The van der Waals surface area contributed by atoms with Gasteiger partial charge in [0.2, 0.25) is 0 Å². The lowest BCUT2D eigenvalue weighted by atomic mass is 9.43. The first kappa shape index (κ1) is 15.4. The van der Waals surface area contributed by atoms with Crippen LogP contribution in [0.25, 0.3) is 0 Å². The van der Waals surface area contributed by atoms with Crippen LogP contribution in [0.2, 0.25) is 0 Å². The summed E-state index contributed by atoms with van der Waals surface area (Å²) in [6.07, 6.45) is 8.06. The predicted molar refractivity (Wildman–Crippen MR) is 85.2 cm³/mol. The van der Waals surface area contributed by atoms with Gasteiger partial charge in [-0.15, -0.1) is 0 Å². The molecule has 4 fully saturated rings. The summed E-state index contributed by atoms with van der Waals surface area (Å²) >= 11 is 0. The Morgan fingerprint density at radius 1 is 0.909 bits per heavy atom. The van der Waals surface area contributed by atoms with E-state index >= 15 is 0 Å². The molecule has 0 heterocycles. The van der Waals surface area contributed by atoms with Gasteiger partial charge in [-0.05, 0) is 68.1 Å². The van der Waals surface area contributed by atoms with Crippen molar-refractivity contribution in [2.75, 3.05) is 0 Å². The Kier molecular flexibility index (Phi) is 3.30. The minimum Gasteiger partial charge on any atom is -0.393 e. The molecule has 0 amide bonds. The van der Waals surface area contributed by atoms with Gasteiger partial charge in [-0.1, -0.05) is 20.3 Å². The highest BCUT2D eigenvalue weighted by Crippen LogP contribution is 2.67. The maximum absolute atomic E-state index is 11.3. The van der Waals surface area contributed by atoms with Gasteiger partial charge in [0.1, 0.15) is 0 Å². The number of aliphatic hydroxyl groups is 3. The first-order valence-electron chi connectivity index (χ1n) is 9.39. The van der Waals surface area contributed by atoms with E-state index in [2.05, 4.69) is 13.8 Å². The predicted octanol–water partition coefficient (Wildman–Crippen LogP) is 2.87. The zero-order chi connectivity index (χ0) is 15.8. The third kappa shape index (κ3) is 1.79. The normalized spacial score (nSPS) is 61.2. The van der Waals surface area contributed by atoms with Crippen LogP contribution in [-0.2, 0) is 0 Å². The van der Waals surface area contributed by atoms with Crippen molar-refractivity contribution < 1.29 is 15.3 Å². The van der Waals surface area contributed by atoms with Gasteiger partial charge in [0.05, 0.1) is 17.8 Å². The Balaban J connectivity index is 1.71. The molecule has 0 radical (unpaired) electrons. The third-order valence-electron chi connectivity index (χ3n) is 8.62. The minimum absolute atomic E-state index is 0.224. The first-order chi connectivity index (χ1) is 10.3. The summed E-state index contributed by atoms with van der Waals surface area (Å²) in [5.41, 5.74) is -0.836. The largest absolute Gasteiger partial charge is 0.393 e. The Morgan fingerprint density at radius 3 is 2.45 bits per heavy atom. The van der Waals surface area contributed by atoms with Crippen molar-refractivity contribution in [1.29, 1.82) is 0 Å². The van der Waals surface area contributed by atoms with Crippen LogP contribution in [0.1, 0.15) is 71.6 Å². The van der Waals surface area contributed by atoms with Gasteiger partial charge < -0.3 is 15.3 Å². The van der Waals surface area contributed by atoms with Gasteiger partial charge in [-0.3, -0.25) is 0 Å². The quantitative estimate of drug-likeness (QED) is 0.645. The van der Waals surface area contributed by atoms with E-state index in [1.807, 2.05) is 0 Å². The highest BCUT2D eigenvalue weighted by Gasteiger charge is 2.66. The van der Waals surface area contributed by atoms with Crippen molar-refractivity contribution >= 4 is 0 Å². The van der Waals surface area contributed by atoms with Crippen LogP contribution in [0, 0.1) is 28.6 Å². The second-order valence-corrected chi connectivity index (χ2v) is 9.45. The van der Waals surface area contributed by atoms with Crippen molar-refractivity contribution in [3.8, 4) is 0 Å². The van der Waals surface area contributed by atoms with Gasteiger partial charge in [0, 0.05) is 11.8 Å². The molecule has 3 N–H and O–H groups in total. The number of hydrogen-bond acceptors (Lipinski definition) is 3. The number of hydrogen-bond donors (Lipinski definition) is 3. The minimum atomic E-state index is -1.09. The van der Waals surface area contributed by atoms with Crippen molar-refractivity contribution in [1.82, 2.24) is 0 Å². The Hall–Kier alpha value is -0.120. The lowest BCUT2D eigenvalue weighted by Gasteiger charge is -2.65. The Morgan fingerprint density at radius 2 is 1.68 bits per heavy atom. The molecular weight excluding hydrogens is 276 g/mol. The summed E-state index contributed by atoms with van der Waals surface area (Å²) in [7, 11) is 0. The summed E-state index contributed by atoms with van der Waals surface area (Å²) in [6.45, 7) is 4.66. The summed E-state index contributed by atoms with van der Waals surface area (Å²) in [4.78, 5) is 0. The fourth-order valence-electron chi connectivity index (χ4n) is 7.25. The molecule has 0 unspecified atom stereocenters. The average Bonchev–Trinajstić information content (AvgIpc) is 2.84. The molecule has 0 aromatic rings. The van der Waals surface area contributed by atoms with Crippen LogP contribution in [0.3, 0.4) is 0 Å². The highest BCUT2D eigenvalue weighted by atomic mass is 16.3. The van der Waals surface area contributed by atoms with E-state index in [-0.39, 0.29) is 5.41 Å². The highest BCUT2D eigenvalue weighted by molar-refractivity contribution is 5.16. The van der Waals surface area contributed by atoms with Gasteiger partial charge in [0.25, 0.3) is 0 Å². The molecule has 8 atom stereocenters. The fraction of sp³-hybridized carbons (Fsp3) is 1.00. The maximum Gasteiger partial charge on any atom is 0.0985 e. The summed E-state index contributed by atoms with van der Waals surface area (Å²) < 4.78 is 0. The summed E-state index contributed by atoms with van der Waals surface area (Å²) in [5, 5.41) is 32.2. The molecule has 3 nitrogen and oxygen atoms in total. The maximum atomic E-state index is 11.3. The van der Waals surface area contributed by atoms with Crippen molar-refractivity contribution in [2.24, 2.45) is 28.6 Å². The molecule has 22 heavy (non-hydrogen) atoms. The van der Waals surface area contributed by atoms with E-state index in [1.165, 1.54) is 32.1 Å². The van der Waals surface area contributed by atoms with Gasteiger partial charge in [0.15, 0.2) is 0 Å². The molecule has 4 rings (SSSR count). The number of fused-ring (bicyclic) bond motifs is 5. The lowest BCUT2D eigenvalue weighted by Crippen LogP contribution is -2.68. The van der Waals surface area contributed by atoms with Crippen LogP contribution < -0.4 is 0 Å². The van der Waals surface area contributed by atoms with Gasteiger partial charge in [-0.25, -0.2) is 0 Å². The molecule has 0 saturated heterocycles. The molecule has 4 aliphatic rings. The van der Waals surface area contributed by atoms with Crippen LogP contribution >= 0.6 is 0 Å². The standard InChI is InChI=1S/C19H32O3/c1-17-7-3-4-14(17)13-10-16(21)19(22)11-12(20)5-9-18(19,2)15(13)6-8-17/h12-16,20-22H,3-11H2,1-2H3/t12-,13+,14-,15-,16+,17-,18-,19+/m1/s1. The first-order valence-corrected chi connectivity index (χ1v) is 9.39. The van der Waals surface area contributed by atoms with E-state index in [0.717, 1.165) is 25.2 Å². The topological polar surface area (TPSA) is 60.7 Å². The molecule has 0 aliphatic heterocycles. The molecule has 4 aliphatic carbocycles. The Labute approximate surface area is 134 Å². The molecule has 126 valence electrons. The lowest BCUT2D eigenvalue weighted by molar-refractivity contribution is -0.263. The summed E-state index contributed by atoms with van der Waals surface area (Å²) in [5.74, 6) is 1.82. The third-order valence-corrected chi connectivity index (χ3v) is 8.62. The molecule has 0 aromatic heterocycles. The van der Waals surface area contributed by atoms with Crippen LogP contribution in [-0.4, -0.2) is 33.1 Å².